The number of likely N-dealkylation sites (tertiary alicyclic amines) is 1. The van der Waals surface area contributed by atoms with Gasteiger partial charge in [0, 0.05) is 33.9 Å². The Morgan fingerprint density at radius 3 is 2.89 bits per heavy atom. The number of rotatable bonds is 8. The van der Waals surface area contributed by atoms with Gasteiger partial charge in [-0.2, -0.15) is 0 Å². The summed E-state index contributed by atoms with van der Waals surface area (Å²) in [5.74, 6) is 0.542. The van der Waals surface area contributed by atoms with Crippen molar-refractivity contribution in [3.8, 4) is 0 Å². The third-order valence-corrected chi connectivity index (χ3v) is 3.33. The van der Waals surface area contributed by atoms with E-state index >= 15 is 0 Å². The van der Waals surface area contributed by atoms with E-state index in [2.05, 4.69) is 15.5 Å². The Morgan fingerprint density at radius 2 is 2.21 bits per heavy atom. The lowest BCUT2D eigenvalue weighted by Gasteiger charge is -2.17. The van der Waals surface area contributed by atoms with Gasteiger partial charge in [-0.05, 0) is 25.8 Å². The average molecular weight is 273 g/mol. The molecular weight excluding hydrogens is 246 g/mol. The highest BCUT2D eigenvalue weighted by Crippen LogP contribution is 2.14. The summed E-state index contributed by atoms with van der Waals surface area (Å²) < 4.78 is 10.0. The van der Waals surface area contributed by atoms with Crippen LogP contribution in [0.15, 0.2) is 0 Å². The normalized spacial score (nSPS) is 21.3. The molecule has 1 rings (SSSR count). The quantitative estimate of drug-likeness (QED) is 0.667. The van der Waals surface area contributed by atoms with E-state index in [-0.39, 0.29) is 12.1 Å². The summed E-state index contributed by atoms with van der Waals surface area (Å²) in [6.45, 7) is 7.07. The van der Waals surface area contributed by atoms with Gasteiger partial charge in [0.15, 0.2) is 0 Å². The van der Waals surface area contributed by atoms with Crippen molar-refractivity contribution in [1.29, 1.82) is 0 Å². The number of hydrogen-bond donors (Lipinski definition) is 2. The minimum absolute atomic E-state index is 0.0341. The maximum Gasteiger partial charge on any atom is 0.315 e. The number of methoxy groups -OCH3 is 2. The molecule has 0 spiro atoms. The zero-order chi connectivity index (χ0) is 14.1. The SMILES string of the molecule is COCCN1CCC(CNC(=O)NC(C)COC)C1. The number of ether oxygens (including phenoxy) is 2. The molecule has 0 bridgehead atoms. The van der Waals surface area contributed by atoms with E-state index < -0.39 is 0 Å². The minimum Gasteiger partial charge on any atom is -0.383 e. The molecule has 6 nitrogen and oxygen atoms in total. The zero-order valence-electron chi connectivity index (χ0n) is 12.3. The van der Waals surface area contributed by atoms with Crippen molar-refractivity contribution in [2.24, 2.45) is 5.92 Å². The summed E-state index contributed by atoms with van der Waals surface area (Å²) >= 11 is 0. The van der Waals surface area contributed by atoms with E-state index in [1.807, 2.05) is 6.92 Å². The number of urea groups is 1. The maximum absolute atomic E-state index is 11.6. The zero-order valence-corrected chi connectivity index (χ0v) is 12.3. The standard InChI is InChI=1S/C13H27N3O3/c1-11(10-19-3)15-13(17)14-8-12-4-5-16(9-12)6-7-18-2/h11-12H,4-10H2,1-3H3,(H2,14,15,17). The van der Waals surface area contributed by atoms with Crippen molar-refractivity contribution < 1.29 is 14.3 Å². The fourth-order valence-corrected chi connectivity index (χ4v) is 2.31. The lowest BCUT2D eigenvalue weighted by molar-refractivity contribution is 0.158. The summed E-state index contributed by atoms with van der Waals surface area (Å²) in [7, 11) is 3.35. The largest absolute Gasteiger partial charge is 0.383 e. The Hall–Kier alpha value is -0.850. The topological polar surface area (TPSA) is 62.8 Å². The molecule has 1 heterocycles. The predicted molar refractivity (Wildman–Crippen MR) is 74.3 cm³/mol. The van der Waals surface area contributed by atoms with Crippen molar-refractivity contribution in [3.63, 3.8) is 0 Å². The van der Waals surface area contributed by atoms with Gasteiger partial charge in [-0.1, -0.05) is 0 Å². The fraction of sp³-hybridized carbons (Fsp3) is 0.923. The average Bonchev–Trinajstić information content (AvgIpc) is 2.82. The van der Waals surface area contributed by atoms with Gasteiger partial charge in [0.25, 0.3) is 0 Å². The Labute approximate surface area is 115 Å². The lowest BCUT2D eigenvalue weighted by atomic mass is 10.1. The second-order valence-corrected chi connectivity index (χ2v) is 5.16. The van der Waals surface area contributed by atoms with Crippen LogP contribution in [0.25, 0.3) is 0 Å². The molecule has 6 heteroatoms. The number of carbonyl (C=O) groups is 1. The number of hydrogen-bond acceptors (Lipinski definition) is 4. The number of carbonyl (C=O) groups excluding carboxylic acids is 1. The number of amides is 2. The first-order chi connectivity index (χ1) is 9.15. The molecule has 2 atom stereocenters. The van der Waals surface area contributed by atoms with Crippen LogP contribution in [0, 0.1) is 5.92 Å². The molecule has 0 radical (unpaired) electrons. The van der Waals surface area contributed by atoms with Crippen LogP contribution in [-0.4, -0.2) is 70.6 Å². The van der Waals surface area contributed by atoms with Gasteiger partial charge in [-0.15, -0.1) is 0 Å². The monoisotopic (exact) mass is 273 g/mol. The van der Waals surface area contributed by atoms with Gasteiger partial charge in [0.2, 0.25) is 0 Å². The molecule has 0 saturated carbocycles. The summed E-state index contributed by atoms with van der Waals surface area (Å²) in [6.07, 6.45) is 1.14. The predicted octanol–water partition coefficient (Wildman–Crippen LogP) is 0.289. The van der Waals surface area contributed by atoms with E-state index in [0.717, 1.165) is 39.2 Å². The Morgan fingerprint density at radius 1 is 1.42 bits per heavy atom. The van der Waals surface area contributed by atoms with E-state index in [9.17, 15) is 4.79 Å². The number of nitrogens with zero attached hydrogens (tertiary/aromatic N) is 1. The van der Waals surface area contributed by atoms with E-state index in [1.54, 1.807) is 14.2 Å². The molecule has 2 unspecified atom stereocenters. The van der Waals surface area contributed by atoms with Crippen LogP contribution in [0.5, 0.6) is 0 Å². The summed E-state index contributed by atoms with van der Waals surface area (Å²) in [5.41, 5.74) is 0. The van der Waals surface area contributed by atoms with Gasteiger partial charge in [0.1, 0.15) is 0 Å². The van der Waals surface area contributed by atoms with Crippen molar-refractivity contribution in [3.05, 3.63) is 0 Å². The van der Waals surface area contributed by atoms with Crippen molar-refractivity contribution in [1.82, 2.24) is 15.5 Å². The summed E-state index contributed by atoms with van der Waals surface area (Å²) in [4.78, 5) is 14.0. The van der Waals surface area contributed by atoms with Crippen molar-refractivity contribution in [2.75, 3.05) is 53.6 Å². The van der Waals surface area contributed by atoms with Crippen LogP contribution in [0.2, 0.25) is 0 Å². The first-order valence-electron chi connectivity index (χ1n) is 6.90. The van der Waals surface area contributed by atoms with Crippen LogP contribution in [-0.2, 0) is 9.47 Å². The fourth-order valence-electron chi connectivity index (χ4n) is 2.31. The summed E-state index contributed by atoms with van der Waals surface area (Å²) in [5, 5.41) is 5.77. The molecule has 2 N–H and O–H groups in total. The van der Waals surface area contributed by atoms with Crippen LogP contribution < -0.4 is 10.6 Å². The van der Waals surface area contributed by atoms with Crippen molar-refractivity contribution in [2.45, 2.75) is 19.4 Å². The molecule has 19 heavy (non-hydrogen) atoms. The highest BCUT2D eigenvalue weighted by molar-refractivity contribution is 5.74. The molecule has 1 saturated heterocycles. The van der Waals surface area contributed by atoms with Crippen LogP contribution in [0.4, 0.5) is 4.79 Å². The summed E-state index contributed by atoms with van der Waals surface area (Å²) in [6, 6.07) is -0.0772. The molecule has 1 aliphatic rings. The maximum atomic E-state index is 11.6. The molecule has 1 fully saturated rings. The lowest BCUT2D eigenvalue weighted by Crippen LogP contribution is -2.44. The third kappa shape index (κ3) is 6.75. The minimum atomic E-state index is -0.111. The molecule has 0 aromatic carbocycles. The van der Waals surface area contributed by atoms with E-state index in [4.69, 9.17) is 9.47 Å². The Bertz CT molecular complexity index is 264. The molecule has 0 aliphatic carbocycles. The smallest absolute Gasteiger partial charge is 0.315 e. The number of nitrogens with one attached hydrogen (secondary N) is 2. The first kappa shape index (κ1) is 16.2. The highest BCUT2D eigenvalue weighted by atomic mass is 16.5. The Balaban J connectivity index is 2.11. The van der Waals surface area contributed by atoms with Gasteiger partial charge in [0.05, 0.1) is 19.3 Å². The van der Waals surface area contributed by atoms with Crippen LogP contribution >= 0.6 is 0 Å². The van der Waals surface area contributed by atoms with E-state index in [0.29, 0.717) is 12.5 Å². The molecule has 2 amide bonds. The van der Waals surface area contributed by atoms with Gasteiger partial charge in [-0.3, -0.25) is 0 Å². The van der Waals surface area contributed by atoms with Gasteiger partial charge < -0.3 is 25.0 Å². The van der Waals surface area contributed by atoms with Crippen molar-refractivity contribution >= 4 is 6.03 Å². The second-order valence-electron chi connectivity index (χ2n) is 5.16. The van der Waals surface area contributed by atoms with Gasteiger partial charge in [-0.25, -0.2) is 4.79 Å². The molecule has 0 aromatic heterocycles. The van der Waals surface area contributed by atoms with E-state index in [1.165, 1.54) is 0 Å². The van der Waals surface area contributed by atoms with Crippen LogP contribution in [0.1, 0.15) is 13.3 Å². The van der Waals surface area contributed by atoms with Crippen LogP contribution in [0.3, 0.4) is 0 Å². The highest BCUT2D eigenvalue weighted by Gasteiger charge is 2.22. The molecule has 112 valence electrons. The molecule has 1 aliphatic heterocycles. The second kappa shape index (κ2) is 9.12. The molecular formula is C13H27N3O3. The first-order valence-corrected chi connectivity index (χ1v) is 6.90. The molecule has 0 aromatic rings. The Kier molecular flexibility index (Phi) is 7.78. The van der Waals surface area contributed by atoms with Gasteiger partial charge >= 0.3 is 6.03 Å². The third-order valence-electron chi connectivity index (χ3n) is 3.33.